The third-order valence-electron chi connectivity index (χ3n) is 3.08. The lowest BCUT2D eigenvalue weighted by molar-refractivity contribution is 0.851. The molecule has 0 radical (unpaired) electrons. The Morgan fingerprint density at radius 1 is 1.05 bits per heavy atom. The Morgan fingerprint density at radius 3 is 2.52 bits per heavy atom. The molecule has 106 valence electrons. The van der Waals surface area contributed by atoms with Crippen LogP contribution in [0.15, 0.2) is 66.0 Å². The molecule has 0 aliphatic heterocycles. The first-order valence-corrected chi connectivity index (χ1v) is 7.86. The Hall–Kier alpha value is -1.91. The molecule has 1 aromatic heterocycles. The molecule has 0 aliphatic carbocycles. The van der Waals surface area contributed by atoms with Crippen LogP contribution in [0.3, 0.4) is 0 Å². The van der Waals surface area contributed by atoms with Crippen LogP contribution in [0, 0.1) is 0 Å². The number of rotatable bonds is 4. The zero-order valence-corrected chi connectivity index (χ0v) is 12.8. The second-order valence-corrected chi connectivity index (χ2v) is 5.91. The van der Waals surface area contributed by atoms with Crippen molar-refractivity contribution in [3.8, 4) is 11.3 Å². The fourth-order valence-electron chi connectivity index (χ4n) is 1.99. The van der Waals surface area contributed by atoms with E-state index in [1.165, 1.54) is 0 Å². The van der Waals surface area contributed by atoms with Crippen molar-refractivity contribution < 1.29 is 0 Å². The number of imidazole rings is 1. The van der Waals surface area contributed by atoms with Gasteiger partial charge in [-0.15, -0.1) is 0 Å². The monoisotopic (exact) mass is 315 g/mol. The van der Waals surface area contributed by atoms with E-state index in [4.69, 9.17) is 17.4 Å². The quantitative estimate of drug-likeness (QED) is 0.579. The second-order valence-electron chi connectivity index (χ2n) is 4.56. The number of nitrogen functional groups attached to an aromatic ring is 1. The highest BCUT2D eigenvalue weighted by atomic mass is 35.5. The fraction of sp³-hybridized carbons (Fsp3) is 0.0625. The van der Waals surface area contributed by atoms with Crippen LogP contribution in [0.1, 0.15) is 5.56 Å². The molecule has 21 heavy (non-hydrogen) atoms. The third-order valence-corrected chi connectivity index (χ3v) is 4.47. The van der Waals surface area contributed by atoms with Crippen LogP contribution in [0.25, 0.3) is 11.3 Å². The molecule has 3 nitrogen and oxygen atoms in total. The first-order chi connectivity index (χ1) is 10.2. The minimum absolute atomic E-state index is 0.738. The second kappa shape index (κ2) is 6.24. The SMILES string of the molecule is Nn1cc(-c2ccccc2)nc1SCc1ccccc1Cl. The molecule has 0 saturated heterocycles. The van der Waals surface area contributed by atoms with Crippen LogP contribution in [0.2, 0.25) is 5.02 Å². The van der Waals surface area contributed by atoms with E-state index in [-0.39, 0.29) is 0 Å². The summed E-state index contributed by atoms with van der Waals surface area (Å²) in [7, 11) is 0. The molecule has 3 aromatic rings. The maximum absolute atomic E-state index is 6.16. The molecule has 0 fully saturated rings. The van der Waals surface area contributed by atoms with Crippen molar-refractivity contribution in [3.05, 3.63) is 71.4 Å². The highest BCUT2D eigenvalue weighted by Gasteiger charge is 2.09. The van der Waals surface area contributed by atoms with E-state index in [0.29, 0.717) is 0 Å². The summed E-state index contributed by atoms with van der Waals surface area (Å²) < 4.78 is 1.56. The summed E-state index contributed by atoms with van der Waals surface area (Å²) in [4.78, 5) is 4.58. The number of hydrogen-bond acceptors (Lipinski definition) is 3. The molecule has 0 saturated carbocycles. The third kappa shape index (κ3) is 3.23. The van der Waals surface area contributed by atoms with Gasteiger partial charge < -0.3 is 5.84 Å². The molecular formula is C16H14ClN3S. The summed E-state index contributed by atoms with van der Waals surface area (Å²) >= 11 is 7.73. The summed E-state index contributed by atoms with van der Waals surface area (Å²) in [5.74, 6) is 6.72. The van der Waals surface area contributed by atoms with Crippen molar-refractivity contribution in [2.75, 3.05) is 5.84 Å². The first-order valence-electron chi connectivity index (χ1n) is 6.50. The van der Waals surface area contributed by atoms with Crippen LogP contribution in [-0.2, 0) is 5.75 Å². The van der Waals surface area contributed by atoms with Crippen LogP contribution in [0.4, 0.5) is 0 Å². The van der Waals surface area contributed by atoms with Gasteiger partial charge in [0.05, 0.1) is 11.9 Å². The summed E-state index contributed by atoms with van der Waals surface area (Å²) in [6, 6.07) is 17.8. The Morgan fingerprint density at radius 2 is 1.76 bits per heavy atom. The van der Waals surface area contributed by atoms with E-state index >= 15 is 0 Å². The van der Waals surface area contributed by atoms with Gasteiger partial charge in [0.1, 0.15) is 0 Å². The van der Waals surface area contributed by atoms with Crippen molar-refractivity contribution in [2.45, 2.75) is 10.9 Å². The van der Waals surface area contributed by atoms with Crippen LogP contribution in [0.5, 0.6) is 0 Å². The average molecular weight is 316 g/mol. The van der Waals surface area contributed by atoms with Gasteiger partial charge in [0.2, 0.25) is 0 Å². The molecule has 2 N–H and O–H groups in total. The average Bonchev–Trinajstić information content (AvgIpc) is 2.89. The number of nitrogens with two attached hydrogens (primary N) is 1. The molecule has 0 atom stereocenters. The molecule has 1 heterocycles. The predicted octanol–water partition coefficient (Wildman–Crippen LogP) is 4.21. The van der Waals surface area contributed by atoms with Crippen molar-refractivity contribution in [2.24, 2.45) is 0 Å². The Balaban J connectivity index is 1.78. The number of benzene rings is 2. The van der Waals surface area contributed by atoms with Crippen LogP contribution >= 0.6 is 23.4 Å². The zero-order valence-electron chi connectivity index (χ0n) is 11.2. The Kier molecular flexibility index (Phi) is 4.18. The maximum Gasteiger partial charge on any atom is 0.187 e. The number of aromatic nitrogens is 2. The minimum Gasteiger partial charge on any atom is -0.337 e. The van der Waals surface area contributed by atoms with Gasteiger partial charge in [-0.2, -0.15) is 0 Å². The lowest BCUT2D eigenvalue weighted by Gasteiger charge is -2.03. The normalized spacial score (nSPS) is 10.7. The first kappa shape index (κ1) is 14.0. The van der Waals surface area contributed by atoms with Crippen molar-refractivity contribution in [3.63, 3.8) is 0 Å². The fourth-order valence-corrected chi connectivity index (χ4v) is 3.17. The van der Waals surface area contributed by atoms with Gasteiger partial charge in [-0.25, -0.2) is 9.66 Å². The van der Waals surface area contributed by atoms with Gasteiger partial charge in [-0.1, -0.05) is 71.9 Å². The molecular weight excluding hydrogens is 302 g/mol. The summed E-state index contributed by atoms with van der Waals surface area (Å²) in [6.45, 7) is 0. The van der Waals surface area contributed by atoms with Crippen LogP contribution < -0.4 is 5.84 Å². The molecule has 2 aromatic carbocycles. The number of hydrogen-bond donors (Lipinski definition) is 1. The van der Waals surface area contributed by atoms with E-state index in [0.717, 1.165) is 32.8 Å². The smallest absolute Gasteiger partial charge is 0.187 e. The standard InChI is InChI=1S/C16H14ClN3S/c17-14-9-5-4-8-13(14)11-21-16-19-15(10-20(16)18)12-6-2-1-3-7-12/h1-10H,11,18H2. The van der Waals surface area contributed by atoms with Crippen molar-refractivity contribution in [1.82, 2.24) is 9.66 Å². The molecule has 0 unspecified atom stereocenters. The van der Waals surface area contributed by atoms with Gasteiger partial charge in [0.15, 0.2) is 5.16 Å². The maximum atomic E-state index is 6.16. The molecule has 5 heteroatoms. The van der Waals surface area contributed by atoms with Crippen molar-refractivity contribution >= 4 is 23.4 Å². The Bertz CT molecular complexity index is 740. The van der Waals surface area contributed by atoms with Gasteiger partial charge in [-0.3, -0.25) is 0 Å². The summed E-state index contributed by atoms with van der Waals surface area (Å²) in [6.07, 6.45) is 1.84. The van der Waals surface area contributed by atoms with Crippen LogP contribution in [-0.4, -0.2) is 9.66 Å². The van der Waals surface area contributed by atoms with Gasteiger partial charge >= 0.3 is 0 Å². The highest BCUT2D eigenvalue weighted by molar-refractivity contribution is 7.98. The van der Waals surface area contributed by atoms with E-state index in [9.17, 15) is 0 Å². The summed E-state index contributed by atoms with van der Waals surface area (Å²) in [5, 5.41) is 1.54. The number of thioether (sulfide) groups is 1. The molecule has 0 aliphatic rings. The zero-order chi connectivity index (χ0) is 14.7. The van der Waals surface area contributed by atoms with Gasteiger partial charge in [-0.05, 0) is 11.6 Å². The predicted molar refractivity (Wildman–Crippen MR) is 88.8 cm³/mol. The lowest BCUT2D eigenvalue weighted by Crippen LogP contribution is -2.07. The molecule has 0 bridgehead atoms. The van der Waals surface area contributed by atoms with Gasteiger partial charge in [0, 0.05) is 16.3 Å². The summed E-state index contributed by atoms with van der Waals surface area (Å²) in [5.41, 5.74) is 3.01. The van der Waals surface area contributed by atoms with E-state index in [1.54, 1.807) is 16.4 Å². The highest BCUT2D eigenvalue weighted by Crippen LogP contribution is 2.27. The molecule has 0 spiro atoms. The van der Waals surface area contributed by atoms with Crippen molar-refractivity contribution in [1.29, 1.82) is 0 Å². The Labute approximate surface area is 132 Å². The lowest BCUT2D eigenvalue weighted by atomic mass is 10.2. The van der Waals surface area contributed by atoms with E-state index in [1.807, 2.05) is 60.8 Å². The topological polar surface area (TPSA) is 43.8 Å². The van der Waals surface area contributed by atoms with Gasteiger partial charge in [0.25, 0.3) is 0 Å². The van der Waals surface area contributed by atoms with E-state index in [2.05, 4.69) is 4.98 Å². The largest absolute Gasteiger partial charge is 0.337 e. The minimum atomic E-state index is 0.738. The number of halogens is 1. The molecule has 3 rings (SSSR count). The number of nitrogens with zero attached hydrogens (tertiary/aromatic N) is 2. The molecule has 0 amide bonds. The van der Waals surface area contributed by atoms with E-state index < -0.39 is 0 Å².